The summed E-state index contributed by atoms with van der Waals surface area (Å²) < 4.78 is 0. The summed E-state index contributed by atoms with van der Waals surface area (Å²) in [6.07, 6.45) is 2.95. The number of carbonyl (C=O) groups excluding carboxylic acids is 1. The molecule has 1 fully saturated rings. The van der Waals surface area contributed by atoms with E-state index < -0.39 is 12.0 Å². The van der Waals surface area contributed by atoms with E-state index in [0.717, 1.165) is 12.8 Å². The van der Waals surface area contributed by atoms with Crippen molar-refractivity contribution in [3.05, 3.63) is 12.7 Å². The number of thioether (sulfide) groups is 1. The summed E-state index contributed by atoms with van der Waals surface area (Å²) in [5, 5.41) is 8.96. The van der Waals surface area contributed by atoms with Crippen molar-refractivity contribution in [1.29, 1.82) is 0 Å². The van der Waals surface area contributed by atoms with Crippen LogP contribution in [-0.2, 0) is 9.59 Å². The molecule has 0 bridgehead atoms. The maximum atomic E-state index is 11.5. The number of hydrogen-bond acceptors (Lipinski definition) is 3. The molecule has 5 heteroatoms. The lowest BCUT2D eigenvalue weighted by Gasteiger charge is -2.25. The summed E-state index contributed by atoms with van der Waals surface area (Å²) in [5.74, 6) is -0.748. The van der Waals surface area contributed by atoms with Gasteiger partial charge in [-0.15, -0.1) is 11.8 Å². The Labute approximate surface area is 93.3 Å². The molecule has 15 heavy (non-hydrogen) atoms. The molecule has 0 saturated carbocycles. The molecule has 0 spiro atoms. The molecule has 1 rings (SSSR count). The van der Waals surface area contributed by atoms with Crippen molar-refractivity contribution < 1.29 is 14.7 Å². The first-order valence-corrected chi connectivity index (χ1v) is 5.95. The molecule has 0 aromatic rings. The van der Waals surface area contributed by atoms with Gasteiger partial charge >= 0.3 is 5.97 Å². The van der Waals surface area contributed by atoms with Crippen LogP contribution in [0.5, 0.6) is 0 Å². The van der Waals surface area contributed by atoms with Crippen molar-refractivity contribution in [3.63, 3.8) is 0 Å². The van der Waals surface area contributed by atoms with Gasteiger partial charge in [-0.2, -0.15) is 0 Å². The predicted octanol–water partition coefficient (Wildman–Crippen LogP) is 1.33. The van der Waals surface area contributed by atoms with E-state index in [1.54, 1.807) is 0 Å². The van der Waals surface area contributed by atoms with Gasteiger partial charge in [-0.25, -0.2) is 4.79 Å². The first-order valence-electron chi connectivity index (χ1n) is 4.91. The minimum atomic E-state index is -0.934. The van der Waals surface area contributed by atoms with Crippen molar-refractivity contribution in [2.45, 2.75) is 31.2 Å². The van der Waals surface area contributed by atoms with E-state index in [0.29, 0.717) is 5.75 Å². The van der Waals surface area contributed by atoms with Gasteiger partial charge in [0.15, 0.2) is 0 Å². The van der Waals surface area contributed by atoms with Crippen molar-refractivity contribution >= 4 is 23.6 Å². The molecule has 0 aromatic carbocycles. The maximum Gasteiger partial charge on any atom is 0.327 e. The number of carboxylic acid groups (broad SMARTS) is 1. The first kappa shape index (κ1) is 12.1. The number of amides is 1. The monoisotopic (exact) mass is 229 g/mol. The second kappa shape index (κ2) is 5.21. The average molecular weight is 229 g/mol. The highest BCUT2D eigenvalue weighted by Crippen LogP contribution is 2.32. The normalized spacial score (nSPS) is 25.3. The average Bonchev–Trinajstić information content (AvgIpc) is 2.61. The number of carboxylic acids is 1. The molecule has 0 aromatic heterocycles. The molecule has 1 aliphatic rings. The largest absolute Gasteiger partial charge is 0.480 e. The lowest BCUT2D eigenvalue weighted by Crippen LogP contribution is -2.44. The predicted molar refractivity (Wildman–Crippen MR) is 59.6 cm³/mol. The Morgan fingerprint density at radius 1 is 1.67 bits per heavy atom. The number of hydrogen-bond donors (Lipinski definition) is 1. The van der Waals surface area contributed by atoms with Crippen molar-refractivity contribution in [2.75, 3.05) is 5.75 Å². The van der Waals surface area contributed by atoms with Crippen molar-refractivity contribution in [1.82, 2.24) is 4.90 Å². The fourth-order valence-corrected chi connectivity index (χ4v) is 3.15. The van der Waals surface area contributed by atoms with Gasteiger partial charge in [0.25, 0.3) is 0 Å². The molecular weight excluding hydrogens is 214 g/mol. The first-order chi connectivity index (χ1) is 7.11. The summed E-state index contributed by atoms with van der Waals surface area (Å²) in [7, 11) is 0. The quantitative estimate of drug-likeness (QED) is 0.739. The van der Waals surface area contributed by atoms with Gasteiger partial charge in [-0.05, 0) is 12.5 Å². The molecule has 1 N–H and O–H groups in total. The molecule has 1 amide bonds. The van der Waals surface area contributed by atoms with E-state index in [-0.39, 0.29) is 11.3 Å². The van der Waals surface area contributed by atoms with Gasteiger partial charge in [0, 0.05) is 5.75 Å². The van der Waals surface area contributed by atoms with Crippen LogP contribution in [0.3, 0.4) is 0 Å². The summed E-state index contributed by atoms with van der Waals surface area (Å²) in [4.78, 5) is 23.9. The van der Waals surface area contributed by atoms with E-state index in [1.165, 1.54) is 22.7 Å². The maximum absolute atomic E-state index is 11.5. The molecule has 1 heterocycles. The lowest BCUT2D eigenvalue weighted by molar-refractivity contribution is -0.147. The number of nitrogens with zero attached hydrogens (tertiary/aromatic N) is 1. The van der Waals surface area contributed by atoms with Gasteiger partial charge < -0.3 is 10.0 Å². The van der Waals surface area contributed by atoms with Gasteiger partial charge in [0.05, 0.1) is 5.37 Å². The highest BCUT2D eigenvalue weighted by molar-refractivity contribution is 8.00. The van der Waals surface area contributed by atoms with Crippen LogP contribution in [0.4, 0.5) is 0 Å². The Bertz CT molecular complexity index is 280. The fraction of sp³-hybridized carbons (Fsp3) is 0.600. The van der Waals surface area contributed by atoms with Crippen molar-refractivity contribution in [2.24, 2.45) is 0 Å². The van der Waals surface area contributed by atoms with E-state index in [4.69, 9.17) is 5.11 Å². The summed E-state index contributed by atoms with van der Waals surface area (Å²) >= 11 is 1.53. The van der Waals surface area contributed by atoms with Crippen LogP contribution in [0, 0.1) is 0 Å². The molecule has 0 radical (unpaired) electrons. The highest BCUT2D eigenvalue weighted by atomic mass is 32.2. The van der Waals surface area contributed by atoms with Crippen LogP contribution >= 0.6 is 11.8 Å². The molecule has 84 valence electrons. The number of aliphatic carboxylic acids is 1. The molecule has 2 atom stereocenters. The topological polar surface area (TPSA) is 57.6 Å². The smallest absolute Gasteiger partial charge is 0.327 e. The van der Waals surface area contributed by atoms with Crippen LogP contribution in [0.2, 0.25) is 0 Å². The lowest BCUT2D eigenvalue weighted by atomic mass is 10.2. The Morgan fingerprint density at radius 3 is 2.80 bits per heavy atom. The Hall–Kier alpha value is -0.970. The highest BCUT2D eigenvalue weighted by Gasteiger charge is 2.39. The van der Waals surface area contributed by atoms with Crippen LogP contribution in [0.25, 0.3) is 0 Å². The Kier molecular flexibility index (Phi) is 4.20. The molecule has 4 nitrogen and oxygen atoms in total. The third kappa shape index (κ3) is 2.53. The second-order valence-corrected chi connectivity index (χ2v) is 4.59. The van der Waals surface area contributed by atoms with E-state index in [1.807, 2.05) is 6.92 Å². The Balaban J connectivity index is 2.81. The minimum absolute atomic E-state index is 0.0124. The summed E-state index contributed by atoms with van der Waals surface area (Å²) in [6.45, 7) is 5.42. The van der Waals surface area contributed by atoms with Gasteiger partial charge in [0.2, 0.25) is 5.91 Å². The standard InChI is InChI=1S/C10H15NO3S/c1-3-5-9-11(8(12)4-2)7(6-15-9)10(13)14/h4,7,9H,2-3,5-6H2,1H3,(H,13,14). The van der Waals surface area contributed by atoms with Gasteiger partial charge in [-0.1, -0.05) is 19.9 Å². The van der Waals surface area contributed by atoms with Crippen LogP contribution in [0.1, 0.15) is 19.8 Å². The van der Waals surface area contributed by atoms with Crippen LogP contribution < -0.4 is 0 Å². The third-order valence-electron chi connectivity index (χ3n) is 2.34. The zero-order valence-electron chi connectivity index (χ0n) is 8.68. The summed E-state index contributed by atoms with van der Waals surface area (Å²) in [5.41, 5.74) is 0. The minimum Gasteiger partial charge on any atom is -0.480 e. The van der Waals surface area contributed by atoms with Crippen LogP contribution in [-0.4, -0.2) is 39.1 Å². The van der Waals surface area contributed by atoms with E-state index in [2.05, 4.69) is 6.58 Å². The van der Waals surface area contributed by atoms with E-state index >= 15 is 0 Å². The molecular formula is C10H15NO3S. The van der Waals surface area contributed by atoms with Gasteiger partial charge in [0.1, 0.15) is 6.04 Å². The van der Waals surface area contributed by atoms with E-state index in [9.17, 15) is 9.59 Å². The summed E-state index contributed by atoms with van der Waals surface area (Å²) in [6, 6.07) is -0.697. The van der Waals surface area contributed by atoms with Gasteiger partial charge in [-0.3, -0.25) is 4.79 Å². The number of rotatable bonds is 4. The third-order valence-corrected chi connectivity index (χ3v) is 3.70. The zero-order chi connectivity index (χ0) is 11.4. The molecule has 1 aliphatic heterocycles. The van der Waals surface area contributed by atoms with Crippen LogP contribution in [0.15, 0.2) is 12.7 Å². The fourth-order valence-electron chi connectivity index (χ4n) is 1.62. The molecule has 0 aliphatic carbocycles. The zero-order valence-corrected chi connectivity index (χ0v) is 9.50. The molecule has 2 unspecified atom stereocenters. The molecule has 1 saturated heterocycles. The Morgan fingerprint density at radius 2 is 2.33 bits per heavy atom. The number of carbonyl (C=O) groups is 2. The van der Waals surface area contributed by atoms with Crippen molar-refractivity contribution in [3.8, 4) is 0 Å². The SMILES string of the molecule is C=CC(=O)N1C(CCC)SCC1C(=O)O. The second-order valence-electron chi connectivity index (χ2n) is 3.38.